The van der Waals surface area contributed by atoms with E-state index in [-0.39, 0.29) is 6.61 Å². The number of benzene rings is 3. The molecule has 0 aliphatic heterocycles. The molecule has 3 aromatic carbocycles. The van der Waals surface area contributed by atoms with Crippen molar-refractivity contribution in [1.29, 1.82) is 0 Å². The van der Waals surface area contributed by atoms with Gasteiger partial charge in [-0.2, -0.15) is 0 Å². The number of hydrogen-bond donors (Lipinski definition) is 3. The predicted octanol–water partition coefficient (Wildman–Crippen LogP) is 3.62. The predicted molar refractivity (Wildman–Crippen MR) is 123 cm³/mol. The van der Waals surface area contributed by atoms with Crippen molar-refractivity contribution in [3.8, 4) is 10.6 Å². The standard InChI is InChI=1S/C24H21N3O3S/c28-15-19(14-16-6-2-1-3-7-16)26-23(30)22(29)25-18-12-10-17(11-13-18)24-27-20-8-4-5-9-21(20)31-24/h1-13,19,28H,14-15H2,(H,25,29)(H,26,30)/t19-/m0/s1. The number of anilines is 1. The van der Waals surface area contributed by atoms with Crippen LogP contribution in [0, 0.1) is 0 Å². The first-order valence-electron chi connectivity index (χ1n) is 9.85. The Bertz CT molecular complexity index is 1160. The van der Waals surface area contributed by atoms with Crippen LogP contribution in [0.1, 0.15) is 5.56 Å². The number of thiazole rings is 1. The molecule has 0 bridgehead atoms. The summed E-state index contributed by atoms with van der Waals surface area (Å²) < 4.78 is 1.11. The summed E-state index contributed by atoms with van der Waals surface area (Å²) in [7, 11) is 0. The van der Waals surface area contributed by atoms with E-state index in [1.54, 1.807) is 23.5 Å². The van der Waals surface area contributed by atoms with Crippen molar-refractivity contribution < 1.29 is 14.7 Å². The quantitative estimate of drug-likeness (QED) is 0.407. The first-order chi connectivity index (χ1) is 15.1. The molecule has 31 heavy (non-hydrogen) atoms. The second kappa shape index (κ2) is 9.51. The Hall–Kier alpha value is -3.55. The SMILES string of the molecule is O=C(Nc1ccc(-c2nc3ccccc3s2)cc1)C(=O)N[C@H](CO)Cc1ccccc1. The number of amides is 2. The molecule has 4 rings (SSSR count). The van der Waals surface area contributed by atoms with Gasteiger partial charge in [-0.1, -0.05) is 42.5 Å². The third kappa shape index (κ3) is 5.14. The van der Waals surface area contributed by atoms with Gasteiger partial charge < -0.3 is 15.7 Å². The minimum Gasteiger partial charge on any atom is -0.394 e. The molecule has 0 spiro atoms. The van der Waals surface area contributed by atoms with E-state index in [0.29, 0.717) is 12.1 Å². The molecule has 3 N–H and O–H groups in total. The van der Waals surface area contributed by atoms with Gasteiger partial charge in [-0.3, -0.25) is 9.59 Å². The fourth-order valence-electron chi connectivity index (χ4n) is 3.19. The highest BCUT2D eigenvalue weighted by molar-refractivity contribution is 7.21. The minimum absolute atomic E-state index is 0.259. The number of aliphatic hydroxyl groups excluding tert-OH is 1. The lowest BCUT2D eigenvalue weighted by atomic mass is 10.1. The highest BCUT2D eigenvalue weighted by atomic mass is 32.1. The van der Waals surface area contributed by atoms with Crippen molar-refractivity contribution in [2.24, 2.45) is 0 Å². The van der Waals surface area contributed by atoms with Crippen molar-refractivity contribution in [3.05, 3.63) is 84.4 Å². The molecule has 2 amide bonds. The van der Waals surface area contributed by atoms with Gasteiger partial charge >= 0.3 is 11.8 Å². The normalized spacial score (nSPS) is 11.8. The van der Waals surface area contributed by atoms with Crippen LogP contribution in [-0.2, 0) is 16.0 Å². The number of hydrogen-bond acceptors (Lipinski definition) is 5. The molecule has 7 heteroatoms. The number of para-hydroxylation sites is 1. The van der Waals surface area contributed by atoms with Gasteiger partial charge in [0.2, 0.25) is 0 Å². The molecule has 0 radical (unpaired) electrons. The maximum atomic E-state index is 12.3. The van der Waals surface area contributed by atoms with Crippen LogP contribution in [0.4, 0.5) is 5.69 Å². The third-order valence-corrected chi connectivity index (χ3v) is 5.86. The monoisotopic (exact) mass is 431 g/mol. The van der Waals surface area contributed by atoms with Crippen LogP contribution >= 0.6 is 11.3 Å². The molecule has 0 fully saturated rings. The summed E-state index contributed by atoms with van der Waals surface area (Å²) in [5, 5.41) is 15.6. The summed E-state index contributed by atoms with van der Waals surface area (Å²) in [6.07, 6.45) is 0.438. The summed E-state index contributed by atoms with van der Waals surface area (Å²) in [6.45, 7) is -0.259. The summed E-state index contributed by atoms with van der Waals surface area (Å²) in [6, 6.07) is 24.1. The molecular formula is C24H21N3O3S. The van der Waals surface area contributed by atoms with Crippen molar-refractivity contribution >= 4 is 39.1 Å². The van der Waals surface area contributed by atoms with E-state index in [1.807, 2.05) is 66.7 Å². The Kier molecular flexibility index (Phi) is 6.35. The number of aromatic nitrogens is 1. The fourth-order valence-corrected chi connectivity index (χ4v) is 4.16. The summed E-state index contributed by atoms with van der Waals surface area (Å²) in [4.78, 5) is 29.1. The number of fused-ring (bicyclic) bond motifs is 1. The van der Waals surface area contributed by atoms with Gasteiger partial charge in [0.1, 0.15) is 5.01 Å². The molecule has 0 saturated carbocycles. The molecule has 4 aromatic rings. The number of nitrogens with zero attached hydrogens (tertiary/aromatic N) is 1. The molecule has 1 atom stereocenters. The van der Waals surface area contributed by atoms with Crippen molar-refractivity contribution in [1.82, 2.24) is 10.3 Å². The highest BCUT2D eigenvalue weighted by Gasteiger charge is 2.19. The van der Waals surface area contributed by atoms with Crippen LogP contribution in [0.25, 0.3) is 20.8 Å². The van der Waals surface area contributed by atoms with Crippen LogP contribution in [0.3, 0.4) is 0 Å². The van der Waals surface area contributed by atoms with Gasteiger partial charge in [-0.15, -0.1) is 11.3 Å². The summed E-state index contributed by atoms with van der Waals surface area (Å²) >= 11 is 1.60. The lowest BCUT2D eigenvalue weighted by Crippen LogP contribution is -2.44. The zero-order valence-corrected chi connectivity index (χ0v) is 17.4. The van der Waals surface area contributed by atoms with Gasteiger partial charge in [0.15, 0.2) is 0 Å². The fraction of sp³-hybridized carbons (Fsp3) is 0.125. The lowest BCUT2D eigenvalue weighted by Gasteiger charge is -2.16. The highest BCUT2D eigenvalue weighted by Crippen LogP contribution is 2.30. The number of carbonyl (C=O) groups is 2. The molecule has 1 aromatic heterocycles. The first kappa shape index (κ1) is 20.7. The zero-order valence-electron chi connectivity index (χ0n) is 16.6. The van der Waals surface area contributed by atoms with Crippen LogP contribution in [0.15, 0.2) is 78.9 Å². The number of nitrogens with one attached hydrogen (secondary N) is 2. The molecule has 0 saturated heterocycles. The molecule has 156 valence electrons. The second-order valence-corrected chi connectivity index (χ2v) is 8.09. The maximum Gasteiger partial charge on any atom is 0.313 e. The molecule has 0 aliphatic rings. The molecule has 1 heterocycles. The number of carbonyl (C=O) groups excluding carboxylic acids is 2. The lowest BCUT2D eigenvalue weighted by molar-refractivity contribution is -0.136. The smallest absolute Gasteiger partial charge is 0.313 e. The van der Waals surface area contributed by atoms with Crippen LogP contribution in [-0.4, -0.2) is 34.6 Å². The van der Waals surface area contributed by atoms with Crippen LogP contribution in [0.2, 0.25) is 0 Å². The van der Waals surface area contributed by atoms with Gasteiger partial charge in [-0.25, -0.2) is 4.98 Å². The largest absolute Gasteiger partial charge is 0.394 e. The molecule has 0 unspecified atom stereocenters. The Labute approximate surface area is 183 Å². The Morgan fingerprint density at radius 3 is 2.32 bits per heavy atom. The van der Waals surface area contributed by atoms with Crippen molar-refractivity contribution in [2.75, 3.05) is 11.9 Å². The van der Waals surface area contributed by atoms with E-state index in [4.69, 9.17) is 0 Å². The van der Waals surface area contributed by atoms with Crippen LogP contribution in [0.5, 0.6) is 0 Å². The minimum atomic E-state index is -0.787. The van der Waals surface area contributed by atoms with Gasteiger partial charge in [0.25, 0.3) is 0 Å². The third-order valence-electron chi connectivity index (χ3n) is 4.77. The van der Waals surface area contributed by atoms with Gasteiger partial charge in [-0.05, 0) is 48.4 Å². The van der Waals surface area contributed by atoms with E-state index >= 15 is 0 Å². The number of rotatable bonds is 6. The average Bonchev–Trinajstić information content (AvgIpc) is 3.24. The van der Waals surface area contributed by atoms with E-state index < -0.39 is 17.9 Å². The Morgan fingerprint density at radius 2 is 1.61 bits per heavy atom. The average molecular weight is 432 g/mol. The first-order valence-corrected chi connectivity index (χ1v) is 10.7. The van der Waals surface area contributed by atoms with E-state index in [2.05, 4.69) is 15.6 Å². The van der Waals surface area contributed by atoms with E-state index in [1.165, 1.54) is 0 Å². The second-order valence-electron chi connectivity index (χ2n) is 7.06. The molecule has 6 nitrogen and oxygen atoms in total. The van der Waals surface area contributed by atoms with E-state index in [0.717, 1.165) is 26.4 Å². The Morgan fingerprint density at radius 1 is 0.903 bits per heavy atom. The molecular weight excluding hydrogens is 410 g/mol. The Balaban J connectivity index is 1.36. The zero-order chi connectivity index (χ0) is 21.6. The maximum absolute atomic E-state index is 12.3. The number of aliphatic hydroxyl groups is 1. The van der Waals surface area contributed by atoms with Gasteiger partial charge in [0.05, 0.1) is 22.9 Å². The van der Waals surface area contributed by atoms with E-state index in [9.17, 15) is 14.7 Å². The topological polar surface area (TPSA) is 91.3 Å². The van der Waals surface area contributed by atoms with Crippen molar-refractivity contribution in [3.63, 3.8) is 0 Å². The molecule has 0 aliphatic carbocycles. The van der Waals surface area contributed by atoms with Crippen LogP contribution < -0.4 is 10.6 Å². The van der Waals surface area contributed by atoms with Crippen molar-refractivity contribution in [2.45, 2.75) is 12.5 Å². The summed E-state index contributed by atoms with van der Waals surface area (Å²) in [5.74, 6) is -1.57. The van der Waals surface area contributed by atoms with Gasteiger partial charge in [0, 0.05) is 11.3 Å². The summed E-state index contributed by atoms with van der Waals surface area (Å²) in [5.41, 5.74) is 3.36.